The van der Waals surface area contributed by atoms with E-state index < -0.39 is 21.1 Å². The molecule has 0 aliphatic carbocycles. The molecule has 2 rings (SSSR count). The zero-order chi connectivity index (χ0) is 18.9. The molecule has 0 aliphatic rings. The maximum Gasteiger partial charge on any atom is 0.290 e. The van der Waals surface area contributed by atoms with Crippen LogP contribution in [0.4, 0.5) is 11.4 Å². The molecule has 10 heteroatoms. The summed E-state index contributed by atoms with van der Waals surface area (Å²) in [5, 5.41) is 26.1. The fourth-order valence-electron chi connectivity index (χ4n) is 2.07. The molecule has 0 aliphatic heterocycles. The molecule has 1 heterocycles. The highest BCUT2D eigenvalue weighted by molar-refractivity contribution is 7.99. The first-order valence-electron chi connectivity index (χ1n) is 7.22. The fraction of sp³-hybridized carbons (Fsp3) is 0.333. The normalized spacial score (nSPS) is 11.4. The first-order valence-corrected chi connectivity index (χ1v) is 8.04. The van der Waals surface area contributed by atoms with Gasteiger partial charge in [0.15, 0.2) is 0 Å². The van der Waals surface area contributed by atoms with Gasteiger partial charge in [-0.3, -0.25) is 25.0 Å². The van der Waals surface area contributed by atoms with E-state index >= 15 is 0 Å². The minimum Gasteiger partial charge on any atom is -0.267 e. The molecule has 0 N–H and O–H groups in total. The molecule has 1 aromatic carbocycles. The van der Waals surface area contributed by atoms with Crippen molar-refractivity contribution in [3.05, 3.63) is 60.5 Å². The highest BCUT2D eigenvalue weighted by Crippen LogP contribution is 2.37. The van der Waals surface area contributed by atoms with Gasteiger partial charge in [-0.05, 0) is 33.8 Å². The molecule has 132 valence electrons. The highest BCUT2D eigenvalue weighted by atomic mass is 32.2. The van der Waals surface area contributed by atoms with Crippen LogP contribution in [-0.4, -0.2) is 19.6 Å². The Morgan fingerprint density at radius 2 is 1.76 bits per heavy atom. The number of rotatable bonds is 4. The number of hydrogen-bond acceptors (Lipinski definition) is 7. The standard InChI is InChI=1S/C15H16N4O5S/c1-9-13(8-16-17(14(9)20)15(2,3)4)25-12-6-5-10(18(21)22)7-11(12)19(23)24/h5-8H,1-4H3. The Hall–Kier alpha value is -2.75. The van der Waals surface area contributed by atoms with E-state index in [1.165, 1.54) is 23.0 Å². The van der Waals surface area contributed by atoms with Gasteiger partial charge in [-0.2, -0.15) is 5.10 Å². The molecule has 25 heavy (non-hydrogen) atoms. The summed E-state index contributed by atoms with van der Waals surface area (Å²) < 4.78 is 1.34. The van der Waals surface area contributed by atoms with Gasteiger partial charge in [0.1, 0.15) is 0 Å². The molecule has 0 saturated carbocycles. The second kappa shape index (κ2) is 6.63. The van der Waals surface area contributed by atoms with E-state index in [2.05, 4.69) is 5.10 Å². The van der Waals surface area contributed by atoms with Gasteiger partial charge in [0, 0.05) is 16.5 Å². The number of nitro groups is 2. The number of aromatic nitrogens is 2. The Kier molecular flexibility index (Phi) is 4.93. The van der Waals surface area contributed by atoms with E-state index in [4.69, 9.17) is 0 Å². The third-order valence-corrected chi connectivity index (χ3v) is 4.58. The lowest BCUT2D eigenvalue weighted by Crippen LogP contribution is -2.37. The lowest BCUT2D eigenvalue weighted by atomic mass is 10.1. The fourth-order valence-corrected chi connectivity index (χ4v) is 3.02. The van der Waals surface area contributed by atoms with Crippen LogP contribution in [0.15, 0.2) is 39.0 Å². The monoisotopic (exact) mass is 364 g/mol. The summed E-state index contributed by atoms with van der Waals surface area (Å²) in [6, 6.07) is 3.39. The SMILES string of the molecule is Cc1c(Sc2ccc([N+](=O)[O-])cc2[N+](=O)[O-])cnn(C(C)(C)C)c1=O. The summed E-state index contributed by atoms with van der Waals surface area (Å²) in [4.78, 5) is 33.7. The molecule has 1 aromatic heterocycles. The largest absolute Gasteiger partial charge is 0.290 e. The van der Waals surface area contributed by atoms with E-state index in [1.807, 2.05) is 20.8 Å². The molecule has 0 fully saturated rings. The number of nitrogens with zero attached hydrogens (tertiary/aromatic N) is 4. The summed E-state index contributed by atoms with van der Waals surface area (Å²) in [5.74, 6) is 0. The van der Waals surface area contributed by atoms with Gasteiger partial charge in [-0.25, -0.2) is 4.68 Å². The molecule has 0 atom stereocenters. The predicted octanol–water partition coefficient (Wildman–Crippen LogP) is 3.27. The molecule has 9 nitrogen and oxygen atoms in total. The van der Waals surface area contributed by atoms with Gasteiger partial charge in [0.2, 0.25) is 0 Å². The van der Waals surface area contributed by atoms with Crippen molar-refractivity contribution in [1.82, 2.24) is 9.78 Å². The molecule has 0 spiro atoms. The summed E-state index contributed by atoms with van der Waals surface area (Å²) >= 11 is 0.983. The van der Waals surface area contributed by atoms with Crippen LogP contribution in [0.5, 0.6) is 0 Å². The first kappa shape index (κ1) is 18.6. The van der Waals surface area contributed by atoms with Crippen molar-refractivity contribution in [1.29, 1.82) is 0 Å². The molecule has 0 saturated heterocycles. The van der Waals surface area contributed by atoms with Gasteiger partial charge in [0.25, 0.3) is 16.9 Å². The van der Waals surface area contributed by atoms with Crippen molar-refractivity contribution < 1.29 is 9.85 Å². The van der Waals surface area contributed by atoms with Crippen LogP contribution in [0.3, 0.4) is 0 Å². The van der Waals surface area contributed by atoms with Gasteiger partial charge < -0.3 is 0 Å². The maximum atomic E-state index is 12.5. The van der Waals surface area contributed by atoms with Crippen molar-refractivity contribution in [2.45, 2.75) is 43.0 Å². The smallest absolute Gasteiger partial charge is 0.267 e. The predicted molar refractivity (Wildman–Crippen MR) is 92.1 cm³/mol. The van der Waals surface area contributed by atoms with Gasteiger partial charge in [0.05, 0.1) is 32.5 Å². The first-order chi connectivity index (χ1) is 11.5. The molecule has 0 radical (unpaired) electrons. The molecule has 2 aromatic rings. The molecular weight excluding hydrogens is 348 g/mol. The molecule has 0 unspecified atom stereocenters. The minimum absolute atomic E-state index is 0.202. The van der Waals surface area contributed by atoms with Crippen LogP contribution in [0.25, 0.3) is 0 Å². The van der Waals surface area contributed by atoms with E-state index in [0.717, 1.165) is 17.8 Å². The zero-order valence-corrected chi connectivity index (χ0v) is 14.9. The third-order valence-electron chi connectivity index (χ3n) is 3.38. The number of hydrogen-bond donors (Lipinski definition) is 0. The van der Waals surface area contributed by atoms with E-state index in [9.17, 15) is 25.0 Å². The van der Waals surface area contributed by atoms with Gasteiger partial charge in [-0.15, -0.1) is 0 Å². The number of non-ortho nitro benzene ring substituents is 1. The van der Waals surface area contributed by atoms with E-state index in [-0.39, 0.29) is 16.1 Å². The van der Waals surface area contributed by atoms with Crippen molar-refractivity contribution in [3.63, 3.8) is 0 Å². The number of benzene rings is 1. The van der Waals surface area contributed by atoms with Crippen molar-refractivity contribution in [3.8, 4) is 0 Å². The van der Waals surface area contributed by atoms with Crippen LogP contribution >= 0.6 is 11.8 Å². The average molecular weight is 364 g/mol. The molecule has 0 amide bonds. The highest BCUT2D eigenvalue weighted by Gasteiger charge is 2.23. The maximum absolute atomic E-state index is 12.5. The Balaban J connectivity index is 2.51. The Labute approximate surface area is 147 Å². The minimum atomic E-state index is -0.696. The van der Waals surface area contributed by atoms with Gasteiger partial charge >= 0.3 is 0 Å². The average Bonchev–Trinajstić information content (AvgIpc) is 2.50. The van der Waals surface area contributed by atoms with Crippen molar-refractivity contribution in [2.24, 2.45) is 0 Å². The molecule has 0 bridgehead atoms. The summed E-state index contributed by atoms with van der Waals surface area (Å²) in [5.41, 5.74) is -1.14. The molecular formula is C15H16N4O5S. The third kappa shape index (κ3) is 3.85. The number of nitro benzene ring substituents is 2. The van der Waals surface area contributed by atoms with Crippen LogP contribution in [0.1, 0.15) is 26.3 Å². The Morgan fingerprint density at radius 1 is 1.12 bits per heavy atom. The lowest BCUT2D eigenvalue weighted by molar-refractivity contribution is -0.396. The second-order valence-electron chi connectivity index (χ2n) is 6.29. The van der Waals surface area contributed by atoms with Crippen LogP contribution in [0.2, 0.25) is 0 Å². The van der Waals surface area contributed by atoms with Gasteiger partial charge in [-0.1, -0.05) is 11.8 Å². The van der Waals surface area contributed by atoms with E-state index in [1.54, 1.807) is 6.92 Å². The quantitative estimate of drug-likeness (QED) is 0.603. The van der Waals surface area contributed by atoms with Crippen LogP contribution < -0.4 is 5.56 Å². The van der Waals surface area contributed by atoms with E-state index in [0.29, 0.717) is 10.5 Å². The van der Waals surface area contributed by atoms with Crippen molar-refractivity contribution in [2.75, 3.05) is 0 Å². The van der Waals surface area contributed by atoms with Crippen LogP contribution in [0, 0.1) is 27.2 Å². The summed E-state index contributed by atoms with van der Waals surface area (Å²) in [6.07, 6.45) is 1.47. The lowest BCUT2D eigenvalue weighted by Gasteiger charge is -2.21. The summed E-state index contributed by atoms with van der Waals surface area (Å²) in [7, 11) is 0. The zero-order valence-electron chi connectivity index (χ0n) is 14.0. The summed E-state index contributed by atoms with van der Waals surface area (Å²) in [6.45, 7) is 7.14. The Bertz CT molecular complexity index is 917. The Morgan fingerprint density at radius 3 is 2.28 bits per heavy atom. The van der Waals surface area contributed by atoms with Crippen LogP contribution in [-0.2, 0) is 5.54 Å². The van der Waals surface area contributed by atoms with Crippen molar-refractivity contribution >= 4 is 23.1 Å². The topological polar surface area (TPSA) is 121 Å². The second-order valence-corrected chi connectivity index (χ2v) is 7.37.